The van der Waals surface area contributed by atoms with Gasteiger partial charge < -0.3 is 18.9 Å². The van der Waals surface area contributed by atoms with E-state index in [4.69, 9.17) is 18.9 Å². The highest BCUT2D eigenvalue weighted by Crippen LogP contribution is 2.32. The Morgan fingerprint density at radius 2 is 1.82 bits per heavy atom. The summed E-state index contributed by atoms with van der Waals surface area (Å²) in [7, 11) is 4.69. The first-order chi connectivity index (χ1) is 18.3. The highest BCUT2D eigenvalue weighted by Gasteiger charge is 2.33. The third-order valence-electron chi connectivity index (χ3n) is 6.41. The summed E-state index contributed by atoms with van der Waals surface area (Å²) in [5, 5.41) is 0. The molecule has 1 atom stereocenters. The minimum Gasteiger partial charge on any atom is -0.497 e. The normalized spacial score (nSPS) is 15.3. The third kappa shape index (κ3) is 5.44. The van der Waals surface area contributed by atoms with E-state index in [1.807, 2.05) is 36.4 Å². The van der Waals surface area contributed by atoms with Gasteiger partial charge in [-0.05, 0) is 42.2 Å². The highest BCUT2D eigenvalue weighted by molar-refractivity contribution is 7.07. The number of esters is 1. The molecule has 38 heavy (non-hydrogen) atoms. The second-order valence-electron chi connectivity index (χ2n) is 9.14. The molecule has 0 spiro atoms. The fraction of sp³-hybridized carbons (Fsp3) is 0.345. The quantitative estimate of drug-likeness (QED) is 0.307. The SMILES string of the molecule is COCCOC(=O)C1=C(C)N=c2sc(=Cc3ccc(OC)cc3OC)c(=O)n2C1c1ccc(C(C)C)cc1. The van der Waals surface area contributed by atoms with E-state index < -0.39 is 12.0 Å². The van der Waals surface area contributed by atoms with Gasteiger partial charge in [-0.25, -0.2) is 9.79 Å². The molecule has 1 aromatic heterocycles. The number of ether oxygens (including phenoxy) is 4. The summed E-state index contributed by atoms with van der Waals surface area (Å²) in [5.74, 6) is 1.06. The topological polar surface area (TPSA) is 88.4 Å². The minimum atomic E-state index is -0.678. The minimum absolute atomic E-state index is 0.104. The molecule has 0 saturated carbocycles. The first-order valence-corrected chi connectivity index (χ1v) is 13.1. The predicted octanol–water partition coefficient (Wildman–Crippen LogP) is 3.57. The van der Waals surface area contributed by atoms with E-state index in [9.17, 15) is 9.59 Å². The fourth-order valence-corrected chi connectivity index (χ4v) is 5.37. The summed E-state index contributed by atoms with van der Waals surface area (Å²) in [5.41, 5.74) is 3.29. The summed E-state index contributed by atoms with van der Waals surface area (Å²) >= 11 is 1.27. The summed E-state index contributed by atoms with van der Waals surface area (Å²) < 4.78 is 23.4. The molecule has 0 amide bonds. The molecule has 1 unspecified atom stereocenters. The van der Waals surface area contributed by atoms with Crippen molar-refractivity contribution in [3.8, 4) is 11.5 Å². The van der Waals surface area contributed by atoms with Gasteiger partial charge in [0.05, 0.1) is 42.7 Å². The Morgan fingerprint density at radius 1 is 1.08 bits per heavy atom. The van der Waals surface area contributed by atoms with Gasteiger partial charge in [-0.15, -0.1) is 0 Å². The van der Waals surface area contributed by atoms with E-state index in [1.165, 1.54) is 11.3 Å². The Labute approximate surface area is 225 Å². The van der Waals surface area contributed by atoms with Crippen molar-refractivity contribution >= 4 is 23.4 Å². The van der Waals surface area contributed by atoms with Crippen molar-refractivity contribution < 1.29 is 23.7 Å². The van der Waals surface area contributed by atoms with E-state index in [-0.39, 0.29) is 18.8 Å². The summed E-state index contributed by atoms with van der Waals surface area (Å²) in [6.07, 6.45) is 1.77. The molecule has 0 N–H and O–H groups in total. The van der Waals surface area contributed by atoms with E-state index in [0.717, 1.165) is 16.7 Å². The molecule has 2 heterocycles. The molecule has 0 radical (unpaired) electrons. The molecule has 0 fully saturated rings. The molecule has 2 aromatic carbocycles. The number of carbonyl (C=O) groups is 1. The van der Waals surface area contributed by atoms with Gasteiger partial charge in [-0.1, -0.05) is 49.4 Å². The Kier molecular flexibility index (Phi) is 8.48. The molecular formula is C29H32N2O6S. The van der Waals surface area contributed by atoms with Crippen LogP contribution in [-0.2, 0) is 14.3 Å². The number of hydrogen-bond acceptors (Lipinski definition) is 8. The van der Waals surface area contributed by atoms with Gasteiger partial charge in [0.15, 0.2) is 4.80 Å². The molecule has 9 heteroatoms. The molecule has 0 bridgehead atoms. The van der Waals surface area contributed by atoms with Crippen LogP contribution >= 0.6 is 11.3 Å². The zero-order valence-electron chi connectivity index (χ0n) is 22.4. The smallest absolute Gasteiger partial charge is 0.338 e. The van der Waals surface area contributed by atoms with Crippen LogP contribution in [0.15, 0.2) is 63.5 Å². The van der Waals surface area contributed by atoms with Crippen LogP contribution in [0, 0.1) is 0 Å². The first kappa shape index (κ1) is 27.3. The van der Waals surface area contributed by atoms with Gasteiger partial charge in [-0.3, -0.25) is 9.36 Å². The maximum atomic E-state index is 13.9. The number of aromatic nitrogens is 1. The molecule has 0 aliphatic carbocycles. The van der Waals surface area contributed by atoms with Crippen molar-refractivity contribution in [1.29, 1.82) is 0 Å². The number of benzene rings is 2. The van der Waals surface area contributed by atoms with Crippen LogP contribution in [0.4, 0.5) is 0 Å². The van der Waals surface area contributed by atoms with Gasteiger partial charge in [0, 0.05) is 18.7 Å². The number of allylic oxidation sites excluding steroid dienone is 1. The Hall–Kier alpha value is -3.69. The fourth-order valence-electron chi connectivity index (χ4n) is 4.34. The maximum absolute atomic E-state index is 13.9. The molecule has 0 saturated heterocycles. The Balaban J connectivity index is 1.89. The number of hydrogen-bond donors (Lipinski definition) is 0. The average molecular weight is 537 g/mol. The number of fused-ring (bicyclic) bond motifs is 1. The van der Waals surface area contributed by atoms with Crippen molar-refractivity contribution in [1.82, 2.24) is 4.57 Å². The lowest BCUT2D eigenvalue weighted by Crippen LogP contribution is -2.40. The number of nitrogens with zero attached hydrogens (tertiary/aromatic N) is 2. The monoisotopic (exact) mass is 536 g/mol. The molecule has 8 nitrogen and oxygen atoms in total. The molecule has 4 rings (SSSR count). The van der Waals surface area contributed by atoms with Crippen LogP contribution < -0.4 is 24.4 Å². The lowest BCUT2D eigenvalue weighted by atomic mass is 9.93. The molecule has 1 aliphatic heterocycles. The van der Waals surface area contributed by atoms with Gasteiger partial charge >= 0.3 is 5.97 Å². The van der Waals surface area contributed by atoms with Crippen LogP contribution in [0.2, 0.25) is 0 Å². The first-order valence-electron chi connectivity index (χ1n) is 12.3. The number of methoxy groups -OCH3 is 3. The van der Waals surface area contributed by atoms with Gasteiger partial charge in [-0.2, -0.15) is 0 Å². The molecule has 200 valence electrons. The van der Waals surface area contributed by atoms with Gasteiger partial charge in [0.2, 0.25) is 0 Å². The van der Waals surface area contributed by atoms with Crippen LogP contribution in [0.3, 0.4) is 0 Å². The number of rotatable bonds is 9. The van der Waals surface area contributed by atoms with E-state index in [1.54, 1.807) is 45.0 Å². The van der Waals surface area contributed by atoms with Crippen molar-refractivity contribution in [2.45, 2.75) is 32.7 Å². The number of carbonyl (C=O) groups excluding carboxylic acids is 1. The predicted molar refractivity (Wildman–Crippen MR) is 147 cm³/mol. The van der Waals surface area contributed by atoms with Crippen LogP contribution in [0.5, 0.6) is 11.5 Å². The second-order valence-corrected chi connectivity index (χ2v) is 10.1. The van der Waals surface area contributed by atoms with E-state index >= 15 is 0 Å². The van der Waals surface area contributed by atoms with Gasteiger partial charge in [0.25, 0.3) is 5.56 Å². The third-order valence-corrected chi connectivity index (χ3v) is 7.39. The van der Waals surface area contributed by atoms with Crippen LogP contribution in [0.1, 0.15) is 49.4 Å². The van der Waals surface area contributed by atoms with Crippen molar-refractivity contribution in [3.63, 3.8) is 0 Å². The average Bonchev–Trinajstić information content (AvgIpc) is 3.22. The molecule has 1 aliphatic rings. The van der Waals surface area contributed by atoms with Crippen molar-refractivity contribution in [2.75, 3.05) is 34.5 Å². The van der Waals surface area contributed by atoms with Crippen molar-refractivity contribution in [2.24, 2.45) is 4.99 Å². The Bertz CT molecular complexity index is 1530. The van der Waals surface area contributed by atoms with Crippen molar-refractivity contribution in [3.05, 3.63) is 90.1 Å². The van der Waals surface area contributed by atoms with Gasteiger partial charge in [0.1, 0.15) is 18.1 Å². The van der Waals surface area contributed by atoms with E-state index in [2.05, 4.69) is 18.8 Å². The Morgan fingerprint density at radius 3 is 2.45 bits per heavy atom. The second kappa shape index (κ2) is 11.8. The summed E-state index contributed by atoms with van der Waals surface area (Å²) in [6.45, 7) is 6.39. The summed E-state index contributed by atoms with van der Waals surface area (Å²) in [4.78, 5) is 32.3. The lowest BCUT2D eigenvalue weighted by Gasteiger charge is -2.25. The van der Waals surface area contributed by atoms with Crippen LogP contribution in [0.25, 0.3) is 6.08 Å². The zero-order valence-corrected chi connectivity index (χ0v) is 23.3. The standard InChI is InChI=1S/C29H32N2O6S/c1-17(2)19-7-9-20(10-8-19)26-25(28(33)37-14-13-34-4)18(3)30-29-31(26)27(32)24(38-29)15-21-11-12-22(35-5)16-23(21)36-6/h7-12,15-17,26H,13-14H2,1-6H3. The largest absolute Gasteiger partial charge is 0.497 e. The van der Waals surface area contributed by atoms with E-state index in [0.29, 0.717) is 38.0 Å². The zero-order chi connectivity index (χ0) is 27.4. The lowest BCUT2D eigenvalue weighted by molar-refractivity contribution is -0.140. The van der Waals surface area contributed by atoms with Crippen LogP contribution in [-0.4, -0.2) is 45.1 Å². The molecule has 3 aromatic rings. The number of thiazole rings is 1. The maximum Gasteiger partial charge on any atom is 0.338 e. The highest BCUT2D eigenvalue weighted by atomic mass is 32.1. The summed E-state index contributed by atoms with van der Waals surface area (Å²) in [6, 6.07) is 12.7. The molecular weight excluding hydrogens is 504 g/mol.